The largest absolute Gasteiger partial charge is 0.484 e. The molecule has 1 aromatic rings. The second-order valence-corrected chi connectivity index (χ2v) is 3.92. The van der Waals surface area contributed by atoms with Crippen LogP contribution in [0.25, 0.3) is 0 Å². The quantitative estimate of drug-likeness (QED) is 0.756. The Morgan fingerprint density at radius 1 is 1.58 bits per heavy atom. The third kappa shape index (κ3) is 4.56. The number of benzene rings is 1. The van der Waals surface area contributed by atoms with Crippen LogP contribution in [-0.2, 0) is 4.79 Å². The number of hydrogen-bond donors (Lipinski definition) is 2. The standard InChI is InChI=1S/C13H16FN3O2/c1-9(16-2)11-4-3-10(7-12(11)14)19-8-13(18)17-6-5-15/h3-4,7,9,16H,6,8H2,1-2H3,(H,17,18). The van der Waals surface area contributed by atoms with Crippen LogP contribution in [0.3, 0.4) is 0 Å². The minimum atomic E-state index is -0.422. The van der Waals surface area contributed by atoms with Gasteiger partial charge >= 0.3 is 0 Å². The van der Waals surface area contributed by atoms with E-state index in [0.29, 0.717) is 5.56 Å². The van der Waals surface area contributed by atoms with Gasteiger partial charge in [0.05, 0.1) is 6.07 Å². The molecule has 102 valence electrons. The van der Waals surface area contributed by atoms with Crippen molar-refractivity contribution in [1.82, 2.24) is 10.6 Å². The predicted molar refractivity (Wildman–Crippen MR) is 68.0 cm³/mol. The lowest BCUT2D eigenvalue weighted by molar-refractivity contribution is -0.122. The predicted octanol–water partition coefficient (Wildman–Crippen LogP) is 1.12. The zero-order chi connectivity index (χ0) is 14.3. The van der Waals surface area contributed by atoms with Crippen molar-refractivity contribution in [3.63, 3.8) is 0 Å². The molecule has 1 rings (SSSR count). The van der Waals surface area contributed by atoms with Gasteiger partial charge in [-0.1, -0.05) is 6.07 Å². The van der Waals surface area contributed by atoms with Gasteiger partial charge in [0, 0.05) is 17.7 Å². The van der Waals surface area contributed by atoms with Gasteiger partial charge in [-0.25, -0.2) is 4.39 Å². The number of nitrogens with one attached hydrogen (secondary N) is 2. The lowest BCUT2D eigenvalue weighted by Gasteiger charge is -2.13. The van der Waals surface area contributed by atoms with Crippen LogP contribution in [-0.4, -0.2) is 26.1 Å². The number of nitrogens with zero attached hydrogens (tertiary/aromatic N) is 1. The first-order chi connectivity index (χ1) is 9.08. The van der Waals surface area contributed by atoms with Crippen molar-refractivity contribution < 1.29 is 13.9 Å². The molecule has 0 heterocycles. The first-order valence-corrected chi connectivity index (χ1v) is 5.81. The summed E-state index contributed by atoms with van der Waals surface area (Å²) in [7, 11) is 1.74. The van der Waals surface area contributed by atoms with Crippen molar-refractivity contribution in [1.29, 1.82) is 5.26 Å². The molecule has 1 atom stereocenters. The zero-order valence-corrected chi connectivity index (χ0v) is 10.9. The fourth-order valence-corrected chi connectivity index (χ4v) is 1.44. The average Bonchev–Trinajstić information content (AvgIpc) is 2.42. The van der Waals surface area contributed by atoms with Crippen molar-refractivity contribution in [3.05, 3.63) is 29.6 Å². The average molecular weight is 265 g/mol. The Hall–Kier alpha value is -2.13. The van der Waals surface area contributed by atoms with Gasteiger partial charge in [-0.15, -0.1) is 0 Å². The fraction of sp³-hybridized carbons (Fsp3) is 0.385. The van der Waals surface area contributed by atoms with Gasteiger partial charge in [-0.3, -0.25) is 4.79 Å². The summed E-state index contributed by atoms with van der Waals surface area (Å²) in [5, 5.41) is 13.5. The first kappa shape index (κ1) is 14.9. The molecule has 0 aliphatic rings. The molecule has 0 aliphatic heterocycles. The second-order valence-electron chi connectivity index (χ2n) is 3.92. The molecule has 6 heteroatoms. The summed E-state index contributed by atoms with van der Waals surface area (Å²) in [4.78, 5) is 11.2. The minimum Gasteiger partial charge on any atom is -0.484 e. The number of hydrogen-bond acceptors (Lipinski definition) is 4. The molecule has 0 spiro atoms. The summed E-state index contributed by atoms with van der Waals surface area (Å²) in [5.74, 6) is -0.539. The van der Waals surface area contributed by atoms with Gasteiger partial charge in [0.15, 0.2) is 6.61 Å². The van der Waals surface area contributed by atoms with Crippen LogP contribution in [0.15, 0.2) is 18.2 Å². The Morgan fingerprint density at radius 3 is 2.89 bits per heavy atom. The maximum atomic E-state index is 13.8. The highest BCUT2D eigenvalue weighted by Gasteiger charge is 2.10. The van der Waals surface area contributed by atoms with Crippen molar-refractivity contribution >= 4 is 5.91 Å². The fourth-order valence-electron chi connectivity index (χ4n) is 1.44. The molecule has 5 nitrogen and oxygen atoms in total. The van der Waals surface area contributed by atoms with Crippen molar-refractivity contribution in [2.24, 2.45) is 0 Å². The summed E-state index contributed by atoms with van der Waals surface area (Å²) >= 11 is 0. The molecule has 0 fully saturated rings. The highest BCUT2D eigenvalue weighted by atomic mass is 19.1. The molecule has 0 saturated carbocycles. The molecule has 0 aliphatic carbocycles. The topological polar surface area (TPSA) is 74.2 Å². The maximum Gasteiger partial charge on any atom is 0.258 e. The summed E-state index contributed by atoms with van der Waals surface area (Å²) < 4.78 is 18.9. The molecule has 1 amide bonds. The molecule has 1 unspecified atom stereocenters. The summed E-state index contributed by atoms with van der Waals surface area (Å²) in [5.41, 5.74) is 0.531. The van der Waals surface area contributed by atoms with E-state index in [4.69, 9.17) is 10.00 Å². The van der Waals surface area contributed by atoms with Crippen LogP contribution in [0.1, 0.15) is 18.5 Å². The van der Waals surface area contributed by atoms with Gasteiger partial charge in [0.1, 0.15) is 18.1 Å². The molecule has 19 heavy (non-hydrogen) atoms. The Balaban J connectivity index is 2.59. The number of rotatable bonds is 6. The summed E-state index contributed by atoms with van der Waals surface area (Å²) in [6.45, 7) is 1.52. The van der Waals surface area contributed by atoms with Gasteiger partial charge in [-0.2, -0.15) is 5.26 Å². The summed E-state index contributed by atoms with van der Waals surface area (Å²) in [6.07, 6.45) is 0. The Morgan fingerprint density at radius 2 is 2.32 bits per heavy atom. The summed E-state index contributed by atoms with van der Waals surface area (Å²) in [6, 6.07) is 6.12. The number of halogens is 1. The molecule has 2 N–H and O–H groups in total. The van der Waals surface area contributed by atoms with E-state index in [-0.39, 0.29) is 24.9 Å². The van der Waals surface area contributed by atoms with E-state index in [0.717, 1.165) is 0 Å². The Kier molecular flexibility index (Phi) is 5.76. The highest BCUT2D eigenvalue weighted by Crippen LogP contribution is 2.21. The minimum absolute atomic E-state index is 0.0742. The molecule has 1 aromatic carbocycles. The van der Waals surface area contributed by atoms with Crippen molar-refractivity contribution in [2.45, 2.75) is 13.0 Å². The maximum absolute atomic E-state index is 13.8. The number of nitriles is 1. The monoisotopic (exact) mass is 265 g/mol. The number of carbonyl (C=O) groups is 1. The Labute approximate surface area is 111 Å². The Bertz CT molecular complexity index is 485. The van der Waals surface area contributed by atoms with Crippen LogP contribution in [0.4, 0.5) is 4.39 Å². The lowest BCUT2D eigenvalue weighted by atomic mass is 10.1. The van der Waals surface area contributed by atoms with Gasteiger partial charge in [-0.05, 0) is 20.0 Å². The van der Waals surface area contributed by atoms with Crippen molar-refractivity contribution in [3.8, 4) is 11.8 Å². The van der Waals surface area contributed by atoms with E-state index in [1.165, 1.54) is 6.07 Å². The SMILES string of the molecule is CNC(C)c1ccc(OCC(=O)NCC#N)cc1F. The number of ether oxygens (including phenoxy) is 1. The van der Waals surface area contributed by atoms with Crippen LogP contribution in [0.2, 0.25) is 0 Å². The van der Waals surface area contributed by atoms with E-state index < -0.39 is 11.7 Å². The zero-order valence-electron chi connectivity index (χ0n) is 10.9. The van der Waals surface area contributed by atoms with Crippen LogP contribution < -0.4 is 15.4 Å². The number of amides is 1. The van der Waals surface area contributed by atoms with E-state index in [9.17, 15) is 9.18 Å². The molecular weight excluding hydrogens is 249 g/mol. The smallest absolute Gasteiger partial charge is 0.258 e. The highest BCUT2D eigenvalue weighted by molar-refractivity contribution is 5.77. The van der Waals surface area contributed by atoms with E-state index in [2.05, 4.69) is 10.6 Å². The van der Waals surface area contributed by atoms with Crippen LogP contribution in [0.5, 0.6) is 5.75 Å². The van der Waals surface area contributed by atoms with Crippen LogP contribution in [0, 0.1) is 17.1 Å². The van der Waals surface area contributed by atoms with Gasteiger partial charge < -0.3 is 15.4 Å². The van der Waals surface area contributed by atoms with Gasteiger partial charge in [0.2, 0.25) is 0 Å². The molecule has 0 bridgehead atoms. The van der Waals surface area contributed by atoms with Crippen molar-refractivity contribution in [2.75, 3.05) is 20.2 Å². The van der Waals surface area contributed by atoms with Gasteiger partial charge in [0.25, 0.3) is 5.91 Å². The molecule has 0 radical (unpaired) electrons. The van der Waals surface area contributed by atoms with E-state index >= 15 is 0 Å². The number of carbonyl (C=O) groups excluding carboxylic acids is 1. The molecule has 0 saturated heterocycles. The third-order valence-electron chi connectivity index (χ3n) is 2.61. The molecule has 0 aromatic heterocycles. The van der Waals surface area contributed by atoms with E-state index in [1.807, 2.05) is 6.92 Å². The van der Waals surface area contributed by atoms with Crippen LogP contribution >= 0.6 is 0 Å². The third-order valence-corrected chi connectivity index (χ3v) is 2.61. The lowest BCUT2D eigenvalue weighted by Crippen LogP contribution is -2.29. The van der Waals surface area contributed by atoms with E-state index in [1.54, 1.807) is 25.2 Å². The first-order valence-electron chi connectivity index (χ1n) is 5.81. The second kappa shape index (κ2) is 7.34. The molecular formula is C13H16FN3O2. The normalized spacial score (nSPS) is 11.5.